The van der Waals surface area contributed by atoms with Gasteiger partial charge in [0.25, 0.3) is 5.91 Å². The zero-order valence-corrected chi connectivity index (χ0v) is 17.0. The SMILES string of the molecule is CC(C)[C@H](NC(=O)c1ccc(S(=O)(=O)N(C)C)cc1)C(=O)N1CCOCC1. The normalized spacial score (nSPS) is 16.4. The average Bonchev–Trinajstić information content (AvgIpc) is 2.65. The van der Waals surface area contributed by atoms with E-state index in [1.54, 1.807) is 4.90 Å². The summed E-state index contributed by atoms with van der Waals surface area (Å²) in [4.78, 5) is 27.1. The third-order valence-electron chi connectivity index (χ3n) is 4.44. The lowest BCUT2D eigenvalue weighted by atomic mass is 10.0. The number of ether oxygens (including phenoxy) is 1. The number of hydrogen-bond acceptors (Lipinski definition) is 5. The minimum Gasteiger partial charge on any atom is -0.378 e. The molecule has 0 bridgehead atoms. The topological polar surface area (TPSA) is 96.0 Å². The number of nitrogens with zero attached hydrogens (tertiary/aromatic N) is 2. The number of carbonyl (C=O) groups is 2. The van der Waals surface area contributed by atoms with Crippen LogP contribution in [0.1, 0.15) is 24.2 Å². The van der Waals surface area contributed by atoms with Crippen molar-refractivity contribution in [2.75, 3.05) is 40.4 Å². The largest absolute Gasteiger partial charge is 0.378 e. The van der Waals surface area contributed by atoms with E-state index in [1.165, 1.54) is 38.4 Å². The van der Waals surface area contributed by atoms with Gasteiger partial charge in [0.15, 0.2) is 0 Å². The number of carbonyl (C=O) groups excluding carboxylic acids is 2. The first kappa shape index (κ1) is 21.3. The molecule has 0 aliphatic carbocycles. The van der Waals surface area contributed by atoms with Crippen LogP contribution in [0.15, 0.2) is 29.2 Å². The Morgan fingerprint density at radius 3 is 2.15 bits per heavy atom. The van der Waals surface area contributed by atoms with Crippen LogP contribution >= 0.6 is 0 Å². The van der Waals surface area contributed by atoms with Crippen LogP contribution < -0.4 is 5.32 Å². The second-order valence-electron chi connectivity index (χ2n) is 6.94. The summed E-state index contributed by atoms with van der Waals surface area (Å²) in [5.41, 5.74) is 0.299. The smallest absolute Gasteiger partial charge is 0.251 e. The molecule has 9 heteroatoms. The second kappa shape index (κ2) is 8.81. The highest BCUT2D eigenvalue weighted by Gasteiger charge is 2.30. The summed E-state index contributed by atoms with van der Waals surface area (Å²) < 4.78 is 30.6. The molecule has 1 atom stereocenters. The molecule has 1 aliphatic rings. The fourth-order valence-corrected chi connectivity index (χ4v) is 3.61. The highest BCUT2D eigenvalue weighted by Crippen LogP contribution is 2.15. The van der Waals surface area contributed by atoms with Crippen LogP contribution in [-0.4, -0.2) is 75.9 Å². The molecule has 27 heavy (non-hydrogen) atoms. The molecule has 1 aromatic rings. The van der Waals surface area contributed by atoms with E-state index in [9.17, 15) is 18.0 Å². The van der Waals surface area contributed by atoms with Crippen LogP contribution in [0.5, 0.6) is 0 Å². The van der Waals surface area contributed by atoms with Crippen molar-refractivity contribution in [3.63, 3.8) is 0 Å². The molecule has 2 amide bonds. The molecule has 1 aliphatic heterocycles. The molecule has 1 N–H and O–H groups in total. The van der Waals surface area contributed by atoms with Crippen molar-refractivity contribution in [1.82, 2.24) is 14.5 Å². The van der Waals surface area contributed by atoms with Crippen molar-refractivity contribution in [1.29, 1.82) is 0 Å². The van der Waals surface area contributed by atoms with Crippen molar-refractivity contribution >= 4 is 21.8 Å². The minimum absolute atomic E-state index is 0.0855. The highest BCUT2D eigenvalue weighted by atomic mass is 32.2. The average molecular weight is 397 g/mol. The highest BCUT2D eigenvalue weighted by molar-refractivity contribution is 7.89. The zero-order valence-electron chi connectivity index (χ0n) is 16.1. The van der Waals surface area contributed by atoms with Crippen LogP contribution in [0.2, 0.25) is 0 Å². The molecule has 1 saturated heterocycles. The molecule has 1 heterocycles. The van der Waals surface area contributed by atoms with Crippen LogP contribution in [0.4, 0.5) is 0 Å². The van der Waals surface area contributed by atoms with Gasteiger partial charge in [-0.3, -0.25) is 9.59 Å². The fourth-order valence-electron chi connectivity index (χ4n) is 2.71. The molecule has 0 spiro atoms. The molecule has 0 saturated carbocycles. The summed E-state index contributed by atoms with van der Waals surface area (Å²) in [5.74, 6) is -0.629. The number of nitrogens with one attached hydrogen (secondary N) is 1. The number of hydrogen-bond donors (Lipinski definition) is 1. The monoisotopic (exact) mass is 397 g/mol. The first-order chi connectivity index (χ1) is 12.6. The summed E-state index contributed by atoms with van der Waals surface area (Å²) in [6, 6.07) is 5.02. The molecular formula is C18H27N3O5S. The number of amides is 2. The predicted molar refractivity (Wildman–Crippen MR) is 101 cm³/mol. The van der Waals surface area contributed by atoms with E-state index in [0.717, 1.165) is 4.31 Å². The van der Waals surface area contributed by atoms with Crippen molar-refractivity contribution in [3.05, 3.63) is 29.8 Å². The molecule has 0 radical (unpaired) electrons. The fraction of sp³-hybridized carbons (Fsp3) is 0.556. The van der Waals surface area contributed by atoms with Crippen molar-refractivity contribution in [2.24, 2.45) is 5.92 Å². The van der Waals surface area contributed by atoms with E-state index >= 15 is 0 Å². The number of benzene rings is 1. The molecule has 0 unspecified atom stereocenters. The van der Waals surface area contributed by atoms with Crippen LogP contribution in [0.25, 0.3) is 0 Å². The van der Waals surface area contributed by atoms with E-state index in [1.807, 2.05) is 13.8 Å². The Balaban J connectivity index is 2.12. The van der Waals surface area contributed by atoms with Gasteiger partial charge in [-0.2, -0.15) is 0 Å². The Morgan fingerprint density at radius 1 is 1.11 bits per heavy atom. The first-order valence-electron chi connectivity index (χ1n) is 8.84. The first-order valence-corrected chi connectivity index (χ1v) is 10.3. The van der Waals surface area contributed by atoms with Gasteiger partial charge in [0.05, 0.1) is 18.1 Å². The van der Waals surface area contributed by atoms with E-state index in [-0.39, 0.29) is 16.7 Å². The Labute approximate surface area is 160 Å². The van der Waals surface area contributed by atoms with Crippen molar-refractivity contribution in [3.8, 4) is 0 Å². The third kappa shape index (κ3) is 5.06. The van der Waals surface area contributed by atoms with Gasteiger partial charge < -0.3 is 15.0 Å². The summed E-state index contributed by atoms with van der Waals surface area (Å²) in [7, 11) is -0.665. The lowest BCUT2D eigenvalue weighted by Crippen LogP contribution is -2.53. The summed E-state index contributed by atoms with van der Waals surface area (Å²) >= 11 is 0. The number of sulfonamides is 1. The summed E-state index contributed by atoms with van der Waals surface area (Å²) in [6.45, 7) is 5.74. The molecule has 1 fully saturated rings. The quantitative estimate of drug-likeness (QED) is 0.756. The van der Waals surface area contributed by atoms with Crippen molar-refractivity contribution in [2.45, 2.75) is 24.8 Å². The predicted octanol–water partition coefficient (Wildman–Crippen LogP) is 0.550. The van der Waals surface area contributed by atoms with Gasteiger partial charge >= 0.3 is 0 Å². The third-order valence-corrected chi connectivity index (χ3v) is 6.27. The van der Waals surface area contributed by atoms with Crippen molar-refractivity contribution < 1.29 is 22.7 Å². The van der Waals surface area contributed by atoms with Gasteiger partial charge in [0, 0.05) is 32.7 Å². The minimum atomic E-state index is -3.55. The maximum absolute atomic E-state index is 12.7. The molecule has 1 aromatic carbocycles. The molecular weight excluding hydrogens is 370 g/mol. The van der Waals surface area contributed by atoms with Gasteiger partial charge in [-0.1, -0.05) is 13.8 Å². The van der Waals surface area contributed by atoms with Crippen LogP contribution in [0, 0.1) is 5.92 Å². The molecule has 0 aromatic heterocycles. The number of rotatable bonds is 6. The van der Waals surface area contributed by atoms with Crippen LogP contribution in [-0.2, 0) is 19.6 Å². The molecule has 8 nitrogen and oxygen atoms in total. The van der Waals surface area contributed by atoms with E-state index in [2.05, 4.69) is 5.32 Å². The Morgan fingerprint density at radius 2 is 1.67 bits per heavy atom. The second-order valence-corrected chi connectivity index (χ2v) is 9.10. The Bertz CT molecular complexity index is 769. The molecule has 150 valence electrons. The van der Waals surface area contributed by atoms with Gasteiger partial charge in [-0.25, -0.2) is 12.7 Å². The van der Waals surface area contributed by atoms with E-state index in [4.69, 9.17) is 4.74 Å². The van der Waals surface area contributed by atoms with Gasteiger partial charge in [-0.05, 0) is 30.2 Å². The Kier molecular flexibility index (Phi) is 6.96. The lowest BCUT2D eigenvalue weighted by Gasteiger charge is -2.32. The summed E-state index contributed by atoms with van der Waals surface area (Å²) in [6.07, 6.45) is 0. The lowest BCUT2D eigenvalue weighted by molar-refractivity contribution is -0.138. The summed E-state index contributed by atoms with van der Waals surface area (Å²) in [5, 5.41) is 2.78. The van der Waals surface area contributed by atoms with E-state index in [0.29, 0.717) is 31.9 Å². The van der Waals surface area contributed by atoms with E-state index < -0.39 is 22.0 Å². The van der Waals surface area contributed by atoms with Gasteiger partial charge in [0.1, 0.15) is 6.04 Å². The maximum atomic E-state index is 12.7. The molecule has 2 rings (SSSR count). The maximum Gasteiger partial charge on any atom is 0.251 e. The van der Waals surface area contributed by atoms with Crippen LogP contribution in [0.3, 0.4) is 0 Å². The zero-order chi connectivity index (χ0) is 20.2. The number of morpholine rings is 1. The Hall–Kier alpha value is -1.97. The standard InChI is InChI=1S/C18H27N3O5S/c1-13(2)16(18(23)21-9-11-26-12-10-21)19-17(22)14-5-7-15(8-6-14)27(24,25)20(3)4/h5-8,13,16H,9-12H2,1-4H3,(H,19,22)/t16-/m0/s1. The van der Waals surface area contributed by atoms with Gasteiger partial charge in [0.2, 0.25) is 15.9 Å². The van der Waals surface area contributed by atoms with Gasteiger partial charge in [-0.15, -0.1) is 0 Å².